The van der Waals surface area contributed by atoms with E-state index in [-0.39, 0.29) is 23.7 Å². The first kappa shape index (κ1) is 10.4. The molecule has 0 heterocycles. The van der Waals surface area contributed by atoms with Crippen LogP contribution < -0.4 is 0 Å². The van der Waals surface area contributed by atoms with Crippen molar-refractivity contribution in [3.63, 3.8) is 0 Å². The van der Waals surface area contributed by atoms with Crippen LogP contribution in [-0.4, -0.2) is 34.7 Å². The zero-order valence-electron chi connectivity index (χ0n) is 7.56. The van der Waals surface area contributed by atoms with Crippen LogP contribution >= 0.6 is 0 Å². The molecule has 0 amide bonds. The SMILES string of the molecule is O=C(O)CN=CC1=C(O)CCCC1=O. The van der Waals surface area contributed by atoms with Gasteiger partial charge in [-0.1, -0.05) is 0 Å². The molecule has 0 spiro atoms. The van der Waals surface area contributed by atoms with Gasteiger partial charge in [0, 0.05) is 19.1 Å². The maximum atomic E-state index is 11.2. The number of hydrogen-bond acceptors (Lipinski definition) is 4. The van der Waals surface area contributed by atoms with Crippen LogP contribution in [0.25, 0.3) is 0 Å². The number of aliphatic imine (C=N–C) groups is 1. The van der Waals surface area contributed by atoms with E-state index in [0.29, 0.717) is 19.3 Å². The molecular weight excluding hydrogens is 186 g/mol. The van der Waals surface area contributed by atoms with E-state index >= 15 is 0 Å². The van der Waals surface area contributed by atoms with Crippen molar-refractivity contribution in [2.45, 2.75) is 19.3 Å². The second kappa shape index (κ2) is 4.55. The Morgan fingerprint density at radius 2 is 2.21 bits per heavy atom. The summed E-state index contributed by atoms with van der Waals surface area (Å²) in [6.07, 6.45) is 2.63. The molecule has 0 unspecified atom stereocenters. The number of carbonyl (C=O) groups excluding carboxylic acids is 1. The molecular formula is C9H11NO4. The first-order valence-corrected chi connectivity index (χ1v) is 4.28. The van der Waals surface area contributed by atoms with Gasteiger partial charge >= 0.3 is 5.97 Å². The van der Waals surface area contributed by atoms with E-state index in [0.717, 1.165) is 6.21 Å². The topological polar surface area (TPSA) is 87.0 Å². The molecule has 0 bridgehead atoms. The predicted octanol–water partition coefficient (Wildman–Crippen LogP) is 0.707. The number of aliphatic carboxylic acids is 1. The number of nitrogens with zero attached hydrogens (tertiary/aromatic N) is 1. The molecule has 0 radical (unpaired) electrons. The Hall–Kier alpha value is -1.65. The van der Waals surface area contributed by atoms with E-state index in [1.807, 2.05) is 0 Å². The largest absolute Gasteiger partial charge is 0.512 e. The lowest BCUT2D eigenvalue weighted by atomic mass is 9.97. The number of hydrogen-bond donors (Lipinski definition) is 2. The highest BCUT2D eigenvalue weighted by atomic mass is 16.4. The van der Waals surface area contributed by atoms with Gasteiger partial charge < -0.3 is 10.2 Å². The number of aliphatic hydroxyl groups is 1. The summed E-state index contributed by atoms with van der Waals surface area (Å²) in [7, 11) is 0. The van der Waals surface area contributed by atoms with Gasteiger partial charge in [0.25, 0.3) is 0 Å². The molecule has 14 heavy (non-hydrogen) atoms. The predicted molar refractivity (Wildman–Crippen MR) is 49.5 cm³/mol. The molecule has 0 aromatic rings. The van der Waals surface area contributed by atoms with Crippen LogP contribution in [0, 0.1) is 0 Å². The highest BCUT2D eigenvalue weighted by molar-refractivity contribution is 6.14. The van der Waals surface area contributed by atoms with Gasteiger partial charge in [-0.05, 0) is 6.42 Å². The minimum absolute atomic E-state index is 0.00962. The zero-order chi connectivity index (χ0) is 10.6. The average Bonchev–Trinajstić information content (AvgIpc) is 2.09. The van der Waals surface area contributed by atoms with Gasteiger partial charge in [-0.25, -0.2) is 0 Å². The summed E-state index contributed by atoms with van der Waals surface area (Å²) in [5, 5.41) is 17.6. The highest BCUT2D eigenvalue weighted by Gasteiger charge is 2.18. The van der Waals surface area contributed by atoms with Crippen molar-refractivity contribution < 1.29 is 19.8 Å². The van der Waals surface area contributed by atoms with Crippen molar-refractivity contribution in [2.75, 3.05) is 6.54 Å². The van der Waals surface area contributed by atoms with Crippen LogP contribution in [0.15, 0.2) is 16.3 Å². The Kier molecular flexibility index (Phi) is 3.39. The molecule has 0 saturated carbocycles. The van der Waals surface area contributed by atoms with Crippen LogP contribution in [0.3, 0.4) is 0 Å². The van der Waals surface area contributed by atoms with Crippen LogP contribution in [-0.2, 0) is 9.59 Å². The summed E-state index contributed by atoms with van der Waals surface area (Å²) in [4.78, 5) is 24.9. The Labute approximate surface area is 80.8 Å². The molecule has 0 atom stereocenters. The fourth-order valence-electron chi connectivity index (χ4n) is 1.21. The summed E-state index contributed by atoms with van der Waals surface area (Å²) in [6.45, 7) is -0.385. The minimum atomic E-state index is -1.07. The number of Topliss-reactive ketones (excluding diaryl/α,β-unsaturated/α-hetero) is 1. The van der Waals surface area contributed by atoms with Crippen molar-refractivity contribution in [3.8, 4) is 0 Å². The smallest absolute Gasteiger partial charge is 0.325 e. The number of carboxylic acid groups (broad SMARTS) is 1. The quantitative estimate of drug-likeness (QED) is 0.652. The van der Waals surface area contributed by atoms with Crippen molar-refractivity contribution in [1.29, 1.82) is 0 Å². The van der Waals surface area contributed by atoms with Crippen molar-refractivity contribution in [3.05, 3.63) is 11.3 Å². The summed E-state index contributed by atoms with van der Waals surface area (Å²) in [5.74, 6) is -1.23. The van der Waals surface area contributed by atoms with Gasteiger partial charge in [-0.15, -0.1) is 0 Å². The fraction of sp³-hybridized carbons (Fsp3) is 0.444. The maximum Gasteiger partial charge on any atom is 0.325 e. The Morgan fingerprint density at radius 1 is 1.50 bits per heavy atom. The Bertz CT molecular complexity index is 317. The third-order valence-electron chi connectivity index (χ3n) is 1.88. The Morgan fingerprint density at radius 3 is 2.79 bits per heavy atom. The molecule has 0 fully saturated rings. The highest BCUT2D eigenvalue weighted by Crippen LogP contribution is 2.18. The van der Waals surface area contributed by atoms with Crippen molar-refractivity contribution in [1.82, 2.24) is 0 Å². The molecule has 0 saturated heterocycles. The average molecular weight is 197 g/mol. The number of carboxylic acids is 1. The summed E-state index contributed by atoms with van der Waals surface area (Å²) in [5.41, 5.74) is 0.150. The second-order valence-corrected chi connectivity index (χ2v) is 3.00. The van der Waals surface area contributed by atoms with E-state index in [9.17, 15) is 14.7 Å². The lowest BCUT2D eigenvalue weighted by Crippen LogP contribution is -2.13. The molecule has 1 aliphatic carbocycles. The van der Waals surface area contributed by atoms with Gasteiger partial charge in [0.15, 0.2) is 5.78 Å². The summed E-state index contributed by atoms with van der Waals surface area (Å²) in [6, 6.07) is 0. The van der Waals surface area contributed by atoms with Gasteiger partial charge in [0.05, 0.1) is 5.57 Å². The first-order valence-electron chi connectivity index (χ1n) is 4.28. The lowest BCUT2D eigenvalue weighted by Gasteiger charge is -2.10. The lowest BCUT2D eigenvalue weighted by molar-refractivity contribution is -0.135. The molecule has 76 valence electrons. The summed E-state index contributed by atoms with van der Waals surface area (Å²) < 4.78 is 0. The molecule has 0 aromatic carbocycles. The van der Waals surface area contributed by atoms with E-state index in [1.165, 1.54) is 0 Å². The first-order chi connectivity index (χ1) is 6.61. The number of ketones is 1. The van der Waals surface area contributed by atoms with Crippen LogP contribution in [0.1, 0.15) is 19.3 Å². The minimum Gasteiger partial charge on any atom is -0.512 e. The summed E-state index contributed by atoms with van der Waals surface area (Å²) >= 11 is 0. The van der Waals surface area contributed by atoms with Gasteiger partial charge in [-0.2, -0.15) is 0 Å². The van der Waals surface area contributed by atoms with Crippen LogP contribution in [0.5, 0.6) is 0 Å². The van der Waals surface area contributed by atoms with E-state index in [1.54, 1.807) is 0 Å². The number of carbonyl (C=O) groups is 2. The van der Waals surface area contributed by atoms with Gasteiger partial charge in [0.1, 0.15) is 12.3 Å². The number of aliphatic hydroxyl groups excluding tert-OH is 1. The normalized spacial score (nSPS) is 17.9. The van der Waals surface area contributed by atoms with Crippen molar-refractivity contribution in [2.24, 2.45) is 4.99 Å². The van der Waals surface area contributed by atoms with Crippen molar-refractivity contribution >= 4 is 18.0 Å². The van der Waals surface area contributed by atoms with Crippen LogP contribution in [0.4, 0.5) is 0 Å². The van der Waals surface area contributed by atoms with E-state index < -0.39 is 5.97 Å². The molecule has 1 rings (SSSR count). The number of allylic oxidation sites excluding steroid dienone is 2. The van der Waals surface area contributed by atoms with Gasteiger partial charge in [0.2, 0.25) is 0 Å². The third kappa shape index (κ3) is 2.69. The third-order valence-corrected chi connectivity index (χ3v) is 1.88. The molecule has 1 aliphatic rings. The molecule has 5 nitrogen and oxygen atoms in total. The maximum absolute atomic E-state index is 11.2. The number of rotatable bonds is 3. The molecule has 0 aromatic heterocycles. The molecule has 2 N–H and O–H groups in total. The van der Waals surface area contributed by atoms with E-state index in [2.05, 4.69) is 4.99 Å². The fourth-order valence-corrected chi connectivity index (χ4v) is 1.21. The second-order valence-electron chi connectivity index (χ2n) is 3.00. The standard InChI is InChI=1S/C9H11NO4/c11-7-2-1-3-8(12)6(7)4-10-5-9(13)14/h4,11H,1-3,5H2,(H,13,14). The molecule has 0 aliphatic heterocycles. The zero-order valence-corrected chi connectivity index (χ0v) is 7.56. The Balaban J connectivity index is 2.70. The molecule has 5 heteroatoms. The monoisotopic (exact) mass is 197 g/mol. The van der Waals surface area contributed by atoms with Crippen LogP contribution in [0.2, 0.25) is 0 Å². The van der Waals surface area contributed by atoms with Gasteiger partial charge in [-0.3, -0.25) is 14.6 Å². The van der Waals surface area contributed by atoms with E-state index in [4.69, 9.17) is 5.11 Å².